The summed E-state index contributed by atoms with van der Waals surface area (Å²) >= 11 is 0. The number of anilines is 2. The Kier molecular flexibility index (Phi) is 7.32. The minimum atomic E-state index is 0.647. The summed E-state index contributed by atoms with van der Waals surface area (Å²) in [5, 5.41) is 7.14. The molecule has 0 aromatic heterocycles. The lowest BCUT2D eigenvalue weighted by atomic mass is 10.0. The van der Waals surface area contributed by atoms with E-state index in [-0.39, 0.29) is 0 Å². The second-order valence-electron chi connectivity index (χ2n) is 7.56. The Labute approximate surface area is 158 Å². The zero-order chi connectivity index (χ0) is 18.2. The third-order valence-corrected chi connectivity index (χ3v) is 5.63. The number of piperazine rings is 1. The van der Waals surface area contributed by atoms with Gasteiger partial charge in [0.15, 0.2) is 0 Å². The lowest BCUT2D eigenvalue weighted by Gasteiger charge is -2.32. The average Bonchev–Trinajstić information content (AvgIpc) is 3.18. The van der Waals surface area contributed by atoms with Gasteiger partial charge in [-0.15, -0.1) is 0 Å². The fourth-order valence-corrected chi connectivity index (χ4v) is 4.06. The maximum atomic E-state index is 10.7. The first kappa shape index (κ1) is 19.2. The fraction of sp³-hybridized carbons (Fsp3) is 0.667. The van der Waals surface area contributed by atoms with E-state index in [4.69, 9.17) is 0 Å². The van der Waals surface area contributed by atoms with Crippen LogP contribution in [0.2, 0.25) is 0 Å². The highest BCUT2D eigenvalue weighted by atomic mass is 16.1. The number of carbonyl (C=O) groups excluding carboxylic acids is 1. The van der Waals surface area contributed by atoms with Gasteiger partial charge in [-0.1, -0.05) is 0 Å². The van der Waals surface area contributed by atoms with Crippen LogP contribution in [-0.4, -0.2) is 63.5 Å². The summed E-state index contributed by atoms with van der Waals surface area (Å²) in [6.07, 6.45) is 6.27. The predicted molar refractivity (Wildman–Crippen MR) is 109 cm³/mol. The standard InChI is InChI=1S/C21H34N4O/c1-18-20(23-9-12-24-10-3-4-11-24)16-19(6-2-5-15-26)17-21(18)25-13-7-22-8-14-25/h15-17,22-23H,2-14H2,1H3. The van der Waals surface area contributed by atoms with Gasteiger partial charge in [-0.2, -0.15) is 0 Å². The summed E-state index contributed by atoms with van der Waals surface area (Å²) < 4.78 is 0. The number of benzene rings is 1. The topological polar surface area (TPSA) is 47.6 Å². The molecule has 3 rings (SSSR count). The van der Waals surface area contributed by atoms with Crippen LogP contribution in [0, 0.1) is 6.92 Å². The van der Waals surface area contributed by atoms with Crippen molar-refractivity contribution >= 4 is 17.7 Å². The lowest BCUT2D eigenvalue weighted by Crippen LogP contribution is -2.43. The predicted octanol–water partition coefficient (Wildman–Crippen LogP) is 2.43. The first-order chi connectivity index (χ1) is 12.8. The molecule has 2 aliphatic rings. The maximum Gasteiger partial charge on any atom is 0.120 e. The zero-order valence-corrected chi connectivity index (χ0v) is 16.2. The van der Waals surface area contributed by atoms with Gasteiger partial charge in [0.2, 0.25) is 0 Å². The van der Waals surface area contributed by atoms with Crippen molar-refractivity contribution in [1.29, 1.82) is 0 Å². The van der Waals surface area contributed by atoms with Crippen LogP contribution in [0.3, 0.4) is 0 Å². The van der Waals surface area contributed by atoms with Crippen molar-refractivity contribution in [1.82, 2.24) is 10.2 Å². The smallest absolute Gasteiger partial charge is 0.120 e. The number of hydrogen-bond donors (Lipinski definition) is 2. The number of aldehydes is 1. The Morgan fingerprint density at radius 3 is 2.65 bits per heavy atom. The molecule has 0 bridgehead atoms. The van der Waals surface area contributed by atoms with Gasteiger partial charge < -0.3 is 25.2 Å². The molecule has 26 heavy (non-hydrogen) atoms. The van der Waals surface area contributed by atoms with E-state index in [1.54, 1.807) is 0 Å². The summed E-state index contributed by atoms with van der Waals surface area (Å²) in [6.45, 7) is 11.1. The van der Waals surface area contributed by atoms with Crippen LogP contribution in [0.1, 0.15) is 36.8 Å². The number of likely N-dealkylation sites (tertiary alicyclic amines) is 1. The van der Waals surface area contributed by atoms with E-state index in [1.807, 2.05) is 0 Å². The van der Waals surface area contributed by atoms with Crippen LogP contribution < -0.4 is 15.5 Å². The molecule has 0 saturated carbocycles. The Morgan fingerprint density at radius 1 is 1.15 bits per heavy atom. The Hall–Kier alpha value is -1.59. The monoisotopic (exact) mass is 358 g/mol. The van der Waals surface area contributed by atoms with Crippen LogP contribution in [0.15, 0.2) is 12.1 Å². The molecule has 1 aromatic carbocycles. The second kappa shape index (κ2) is 9.93. The molecule has 0 amide bonds. The number of nitrogens with one attached hydrogen (secondary N) is 2. The van der Waals surface area contributed by atoms with Gasteiger partial charge in [-0.3, -0.25) is 0 Å². The van der Waals surface area contributed by atoms with Crippen LogP contribution in [0.25, 0.3) is 0 Å². The molecule has 2 saturated heterocycles. The van der Waals surface area contributed by atoms with Gasteiger partial charge in [0.1, 0.15) is 6.29 Å². The van der Waals surface area contributed by atoms with Gasteiger partial charge in [0.05, 0.1) is 0 Å². The third-order valence-electron chi connectivity index (χ3n) is 5.63. The molecule has 2 heterocycles. The van der Waals surface area contributed by atoms with Crippen molar-refractivity contribution in [2.45, 2.75) is 39.0 Å². The van der Waals surface area contributed by atoms with Crippen LogP contribution >= 0.6 is 0 Å². The summed E-state index contributed by atoms with van der Waals surface area (Å²) in [5.74, 6) is 0. The lowest BCUT2D eigenvalue weighted by molar-refractivity contribution is -0.107. The van der Waals surface area contributed by atoms with E-state index in [9.17, 15) is 4.79 Å². The highest BCUT2D eigenvalue weighted by Gasteiger charge is 2.16. The highest BCUT2D eigenvalue weighted by molar-refractivity contribution is 5.68. The van der Waals surface area contributed by atoms with Gasteiger partial charge >= 0.3 is 0 Å². The molecule has 0 unspecified atom stereocenters. The molecule has 1 aromatic rings. The van der Waals surface area contributed by atoms with E-state index >= 15 is 0 Å². The SMILES string of the molecule is Cc1c(NCCN2CCCC2)cc(CCCC=O)cc1N1CCNCC1. The molecule has 5 nitrogen and oxygen atoms in total. The number of aryl methyl sites for hydroxylation is 1. The largest absolute Gasteiger partial charge is 0.383 e. The maximum absolute atomic E-state index is 10.7. The number of unbranched alkanes of at least 4 members (excludes halogenated alkanes) is 1. The molecule has 0 spiro atoms. The summed E-state index contributed by atoms with van der Waals surface area (Å²) in [6, 6.07) is 4.65. The van der Waals surface area contributed by atoms with Crippen molar-refractivity contribution in [2.75, 3.05) is 62.6 Å². The van der Waals surface area contributed by atoms with E-state index in [2.05, 4.69) is 39.5 Å². The van der Waals surface area contributed by atoms with Crippen molar-refractivity contribution in [3.8, 4) is 0 Å². The highest BCUT2D eigenvalue weighted by Crippen LogP contribution is 2.30. The van der Waals surface area contributed by atoms with Crippen LogP contribution in [0.5, 0.6) is 0 Å². The molecular formula is C21H34N4O. The average molecular weight is 359 g/mol. The van der Waals surface area contributed by atoms with Gasteiger partial charge in [0.25, 0.3) is 0 Å². The van der Waals surface area contributed by atoms with E-state index in [1.165, 1.54) is 48.4 Å². The Bertz CT molecular complexity index is 578. The second-order valence-corrected chi connectivity index (χ2v) is 7.56. The molecule has 2 aliphatic heterocycles. The Morgan fingerprint density at radius 2 is 1.92 bits per heavy atom. The van der Waals surface area contributed by atoms with Crippen molar-refractivity contribution in [3.05, 3.63) is 23.3 Å². The minimum Gasteiger partial charge on any atom is -0.383 e. The molecule has 2 N–H and O–H groups in total. The van der Waals surface area contributed by atoms with Crippen molar-refractivity contribution in [3.63, 3.8) is 0 Å². The molecular weight excluding hydrogens is 324 g/mol. The normalized spacial score (nSPS) is 18.3. The number of rotatable bonds is 9. The van der Waals surface area contributed by atoms with Crippen molar-refractivity contribution < 1.29 is 4.79 Å². The summed E-state index contributed by atoms with van der Waals surface area (Å²) in [7, 11) is 0. The molecule has 0 radical (unpaired) electrons. The summed E-state index contributed by atoms with van der Waals surface area (Å²) in [5.41, 5.74) is 5.32. The van der Waals surface area contributed by atoms with Crippen molar-refractivity contribution in [2.24, 2.45) is 0 Å². The number of hydrogen-bond acceptors (Lipinski definition) is 5. The summed E-state index contributed by atoms with van der Waals surface area (Å²) in [4.78, 5) is 15.7. The minimum absolute atomic E-state index is 0.647. The van der Waals surface area contributed by atoms with Gasteiger partial charge in [0, 0.05) is 57.1 Å². The fourth-order valence-electron chi connectivity index (χ4n) is 4.06. The number of carbonyl (C=O) groups is 1. The van der Waals surface area contributed by atoms with Crippen LogP contribution in [-0.2, 0) is 11.2 Å². The molecule has 0 atom stereocenters. The van der Waals surface area contributed by atoms with E-state index in [0.717, 1.165) is 58.4 Å². The molecule has 5 heteroatoms. The van der Waals surface area contributed by atoms with Crippen LogP contribution in [0.4, 0.5) is 11.4 Å². The quantitative estimate of drug-likeness (QED) is 0.524. The van der Waals surface area contributed by atoms with Gasteiger partial charge in [-0.05, 0) is 69.0 Å². The molecule has 144 valence electrons. The third kappa shape index (κ3) is 5.21. The molecule has 2 fully saturated rings. The molecule has 0 aliphatic carbocycles. The first-order valence-electron chi connectivity index (χ1n) is 10.3. The van der Waals surface area contributed by atoms with E-state index < -0.39 is 0 Å². The van der Waals surface area contributed by atoms with E-state index in [0.29, 0.717) is 6.42 Å². The first-order valence-corrected chi connectivity index (χ1v) is 10.3. The van der Waals surface area contributed by atoms with Gasteiger partial charge in [-0.25, -0.2) is 0 Å². The number of nitrogens with zero attached hydrogens (tertiary/aromatic N) is 2. The zero-order valence-electron chi connectivity index (χ0n) is 16.2. The Balaban J connectivity index is 1.71.